The van der Waals surface area contributed by atoms with Crippen LogP contribution in [-0.2, 0) is 0 Å². The molecule has 2 N–H and O–H groups in total. The molecule has 3 nitrogen and oxygen atoms in total. The molecule has 70 valence electrons. The van der Waals surface area contributed by atoms with Crippen molar-refractivity contribution in [2.75, 3.05) is 0 Å². The van der Waals surface area contributed by atoms with Crippen molar-refractivity contribution >= 4 is 5.84 Å². The van der Waals surface area contributed by atoms with Crippen molar-refractivity contribution in [3.05, 3.63) is 0 Å². The van der Waals surface area contributed by atoms with E-state index in [0.717, 1.165) is 12.3 Å². The van der Waals surface area contributed by atoms with Gasteiger partial charge in [0.25, 0.3) is 0 Å². The molecule has 0 radical (unpaired) electrons. The summed E-state index contributed by atoms with van der Waals surface area (Å²) in [6.45, 7) is 1.99. The lowest BCUT2D eigenvalue weighted by Gasteiger charge is -2.18. The van der Waals surface area contributed by atoms with Crippen molar-refractivity contribution in [2.45, 2.75) is 51.5 Å². The Morgan fingerprint density at radius 2 is 2.08 bits per heavy atom. The molecule has 0 amide bonds. The van der Waals surface area contributed by atoms with Crippen LogP contribution in [0.5, 0.6) is 0 Å². The van der Waals surface area contributed by atoms with E-state index in [4.69, 9.17) is 5.21 Å². The van der Waals surface area contributed by atoms with Gasteiger partial charge in [-0.2, -0.15) is 0 Å². The maximum Gasteiger partial charge on any atom is 0.120 e. The summed E-state index contributed by atoms with van der Waals surface area (Å²) in [6.07, 6.45) is 7.08. The molecule has 0 aromatic rings. The van der Waals surface area contributed by atoms with Crippen molar-refractivity contribution in [1.82, 2.24) is 5.48 Å². The Balaban J connectivity index is 2.39. The first-order valence-corrected chi connectivity index (χ1v) is 4.83. The van der Waals surface area contributed by atoms with Crippen molar-refractivity contribution in [2.24, 2.45) is 4.99 Å². The molecule has 1 aliphatic carbocycles. The number of aliphatic imine (C=N–C) groups is 1. The van der Waals surface area contributed by atoms with Gasteiger partial charge in [-0.25, -0.2) is 0 Å². The monoisotopic (exact) mass is 170 g/mol. The summed E-state index contributed by atoms with van der Waals surface area (Å²) in [5, 5.41) is 8.68. The summed E-state index contributed by atoms with van der Waals surface area (Å²) < 4.78 is 0. The zero-order valence-electron chi connectivity index (χ0n) is 7.71. The van der Waals surface area contributed by atoms with Crippen LogP contribution in [-0.4, -0.2) is 17.1 Å². The number of hydroxylamine groups is 1. The van der Waals surface area contributed by atoms with Crippen LogP contribution in [0.25, 0.3) is 0 Å². The normalized spacial score (nSPS) is 21.0. The van der Waals surface area contributed by atoms with Crippen molar-refractivity contribution in [1.29, 1.82) is 0 Å². The van der Waals surface area contributed by atoms with Crippen LogP contribution in [0.15, 0.2) is 4.99 Å². The van der Waals surface area contributed by atoms with Crippen LogP contribution in [0.3, 0.4) is 0 Å². The fourth-order valence-electron chi connectivity index (χ4n) is 1.63. The summed E-state index contributed by atoms with van der Waals surface area (Å²) in [5.74, 6) is 0.724. The molecular formula is C9H18N2O. The number of hydrogen-bond acceptors (Lipinski definition) is 2. The van der Waals surface area contributed by atoms with Crippen LogP contribution in [0, 0.1) is 0 Å². The average Bonchev–Trinajstić information content (AvgIpc) is 2.16. The summed E-state index contributed by atoms with van der Waals surface area (Å²) in [7, 11) is 0. The van der Waals surface area contributed by atoms with Crippen LogP contribution in [0.4, 0.5) is 0 Å². The molecule has 0 saturated heterocycles. The summed E-state index contributed by atoms with van der Waals surface area (Å²) in [6, 6.07) is 0.452. The van der Waals surface area contributed by atoms with E-state index in [1.165, 1.54) is 32.1 Å². The standard InChI is InChI=1S/C9H18N2O/c1-2-9(11-12)10-8-6-4-3-5-7-8/h8,12H,2-7H2,1H3,(H,10,11). The second kappa shape index (κ2) is 5.14. The molecule has 0 unspecified atom stereocenters. The molecule has 0 aliphatic heterocycles. The minimum Gasteiger partial charge on any atom is -0.290 e. The number of amidine groups is 1. The van der Waals surface area contributed by atoms with Gasteiger partial charge in [-0.05, 0) is 12.8 Å². The summed E-state index contributed by atoms with van der Waals surface area (Å²) in [5.41, 5.74) is 2.15. The molecule has 0 bridgehead atoms. The smallest absolute Gasteiger partial charge is 0.120 e. The minimum atomic E-state index is 0.452. The largest absolute Gasteiger partial charge is 0.290 e. The Hall–Kier alpha value is -0.570. The van der Waals surface area contributed by atoms with E-state index in [0.29, 0.717) is 6.04 Å². The number of nitrogens with zero attached hydrogens (tertiary/aromatic N) is 1. The lowest BCUT2D eigenvalue weighted by Crippen LogP contribution is -2.22. The molecule has 0 aromatic carbocycles. The Morgan fingerprint density at radius 3 is 2.58 bits per heavy atom. The Bertz CT molecular complexity index is 145. The third kappa shape index (κ3) is 2.81. The fourth-order valence-corrected chi connectivity index (χ4v) is 1.63. The highest BCUT2D eigenvalue weighted by atomic mass is 16.5. The van der Waals surface area contributed by atoms with Gasteiger partial charge in [0.05, 0.1) is 6.04 Å². The van der Waals surface area contributed by atoms with Gasteiger partial charge in [0.1, 0.15) is 5.84 Å². The van der Waals surface area contributed by atoms with Gasteiger partial charge in [-0.1, -0.05) is 26.2 Å². The molecule has 1 saturated carbocycles. The first-order valence-electron chi connectivity index (χ1n) is 4.83. The van der Waals surface area contributed by atoms with Crippen LogP contribution in [0.2, 0.25) is 0 Å². The molecule has 0 heterocycles. The van der Waals surface area contributed by atoms with Gasteiger partial charge >= 0.3 is 0 Å². The second-order valence-corrected chi connectivity index (χ2v) is 3.33. The van der Waals surface area contributed by atoms with Crippen LogP contribution >= 0.6 is 0 Å². The SMILES string of the molecule is CCC(=NC1CCCCC1)NO. The van der Waals surface area contributed by atoms with E-state index in [1.807, 2.05) is 6.92 Å². The average molecular weight is 170 g/mol. The highest BCUT2D eigenvalue weighted by molar-refractivity contribution is 5.80. The first-order chi connectivity index (χ1) is 5.86. The number of rotatable bonds is 2. The van der Waals surface area contributed by atoms with Gasteiger partial charge < -0.3 is 0 Å². The van der Waals surface area contributed by atoms with Crippen molar-refractivity contribution in [3.8, 4) is 0 Å². The zero-order chi connectivity index (χ0) is 8.81. The topological polar surface area (TPSA) is 44.6 Å². The summed E-state index contributed by atoms with van der Waals surface area (Å²) >= 11 is 0. The minimum absolute atomic E-state index is 0.452. The molecular weight excluding hydrogens is 152 g/mol. The van der Waals surface area contributed by atoms with Crippen molar-refractivity contribution < 1.29 is 5.21 Å². The molecule has 1 fully saturated rings. The van der Waals surface area contributed by atoms with E-state index in [1.54, 1.807) is 0 Å². The quantitative estimate of drug-likeness (QED) is 0.379. The molecule has 1 rings (SSSR count). The van der Waals surface area contributed by atoms with E-state index >= 15 is 0 Å². The molecule has 3 heteroatoms. The highest BCUT2D eigenvalue weighted by Gasteiger charge is 2.12. The summed E-state index contributed by atoms with van der Waals surface area (Å²) in [4.78, 5) is 4.43. The third-order valence-electron chi connectivity index (χ3n) is 2.38. The molecule has 0 spiro atoms. The number of nitrogens with one attached hydrogen (secondary N) is 1. The lowest BCUT2D eigenvalue weighted by molar-refractivity contribution is 0.230. The van der Waals surface area contributed by atoms with E-state index in [9.17, 15) is 0 Å². The number of hydrogen-bond donors (Lipinski definition) is 2. The molecule has 0 atom stereocenters. The van der Waals surface area contributed by atoms with E-state index in [-0.39, 0.29) is 0 Å². The van der Waals surface area contributed by atoms with E-state index in [2.05, 4.69) is 10.5 Å². The van der Waals surface area contributed by atoms with Crippen LogP contribution < -0.4 is 5.48 Å². The molecule has 0 aromatic heterocycles. The maximum absolute atomic E-state index is 8.68. The Morgan fingerprint density at radius 1 is 1.42 bits per heavy atom. The molecule has 1 aliphatic rings. The highest BCUT2D eigenvalue weighted by Crippen LogP contribution is 2.20. The van der Waals surface area contributed by atoms with Gasteiger partial charge in [0, 0.05) is 6.42 Å². The predicted molar refractivity (Wildman–Crippen MR) is 49.5 cm³/mol. The van der Waals surface area contributed by atoms with Crippen molar-refractivity contribution in [3.63, 3.8) is 0 Å². The second-order valence-electron chi connectivity index (χ2n) is 3.33. The molecule has 12 heavy (non-hydrogen) atoms. The fraction of sp³-hybridized carbons (Fsp3) is 0.889. The Kier molecular flexibility index (Phi) is 4.08. The predicted octanol–water partition coefficient (Wildman–Crippen LogP) is 2.11. The third-order valence-corrected chi connectivity index (χ3v) is 2.38. The van der Waals surface area contributed by atoms with E-state index < -0.39 is 0 Å². The van der Waals surface area contributed by atoms with Gasteiger partial charge in [-0.15, -0.1) is 0 Å². The van der Waals surface area contributed by atoms with Gasteiger partial charge in [-0.3, -0.25) is 15.7 Å². The first kappa shape index (κ1) is 9.52. The van der Waals surface area contributed by atoms with Gasteiger partial charge in [0.15, 0.2) is 0 Å². The maximum atomic E-state index is 8.68. The Labute approximate surface area is 73.8 Å². The zero-order valence-corrected chi connectivity index (χ0v) is 7.71. The van der Waals surface area contributed by atoms with Gasteiger partial charge in [0.2, 0.25) is 0 Å². The van der Waals surface area contributed by atoms with Crippen LogP contribution in [0.1, 0.15) is 45.4 Å². The lowest BCUT2D eigenvalue weighted by atomic mass is 9.96.